The van der Waals surface area contributed by atoms with Crippen molar-refractivity contribution >= 4 is 11.5 Å². The van der Waals surface area contributed by atoms with Crippen molar-refractivity contribution in [2.45, 2.75) is 13.3 Å². The Labute approximate surface area is 113 Å². The second-order valence-electron chi connectivity index (χ2n) is 4.34. The predicted molar refractivity (Wildman–Crippen MR) is 76.7 cm³/mol. The Bertz CT molecular complexity index is 588. The standard InChI is InChI=1S/C16H17NO2/c1-3-11-4-9-15(19-2)14(10-11)16(18)12-5-7-13(17)8-6-12/h4-10H,3,17H2,1-2H3. The maximum absolute atomic E-state index is 12.5. The number of rotatable bonds is 4. The molecule has 2 aromatic carbocycles. The van der Waals surface area contributed by atoms with Crippen LogP contribution in [0.2, 0.25) is 0 Å². The van der Waals surface area contributed by atoms with Crippen molar-refractivity contribution in [1.82, 2.24) is 0 Å². The number of anilines is 1. The first kappa shape index (κ1) is 13.1. The summed E-state index contributed by atoms with van der Waals surface area (Å²) < 4.78 is 5.27. The fourth-order valence-electron chi connectivity index (χ4n) is 1.94. The molecule has 0 saturated carbocycles. The SMILES string of the molecule is CCc1ccc(OC)c(C(=O)c2ccc(N)cc2)c1. The van der Waals surface area contributed by atoms with Gasteiger partial charge in [-0.2, -0.15) is 0 Å². The number of methoxy groups -OCH3 is 1. The van der Waals surface area contributed by atoms with E-state index >= 15 is 0 Å². The highest BCUT2D eigenvalue weighted by molar-refractivity contribution is 6.10. The smallest absolute Gasteiger partial charge is 0.196 e. The van der Waals surface area contributed by atoms with Crippen LogP contribution >= 0.6 is 0 Å². The quantitative estimate of drug-likeness (QED) is 0.674. The number of nitrogen functional groups attached to an aromatic ring is 1. The average molecular weight is 255 g/mol. The number of nitrogens with two attached hydrogens (primary N) is 1. The summed E-state index contributed by atoms with van der Waals surface area (Å²) in [6.45, 7) is 2.05. The fraction of sp³-hybridized carbons (Fsp3) is 0.188. The van der Waals surface area contributed by atoms with E-state index in [1.807, 2.05) is 18.2 Å². The third-order valence-electron chi connectivity index (χ3n) is 3.09. The molecule has 0 unspecified atom stereocenters. The van der Waals surface area contributed by atoms with Crippen LogP contribution in [0, 0.1) is 0 Å². The lowest BCUT2D eigenvalue weighted by Gasteiger charge is -2.09. The molecule has 0 saturated heterocycles. The van der Waals surface area contributed by atoms with Crippen LogP contribution in [0.1, 0.15) is 28.4 Å². The highest BCUT2D eigenvalue weighted by Gasteiger charge is 2.14. The molecule has 2 N–H and O–H groups in total. The van der Waals surface area contributed by atoms with E-state index in [4.69, 9.17) is 10.5 Å². The number of carbonyl (C=O) groups excluding carboxylic acids is 1. The molecule has 0 fully saturated rings. The summed E-state index contributed by atoms with van der Waals surface area (Å²) in [5.74, 6) is 0.547. The molecule has 0 spiro atoms. The van der Waals surface area contributed by atoms with Crippen LogP contribution in [-0.4, -0.2) is 12.9 Å². The van der Waals surface area contributed by atoms with E-state index < -0.39 is 0 Å². The Balaban J connectivity index is 2.44. The molecule has 3 heteroatoms. The van der Waals surface area contributed by atoms with Crippen molar-refractivity contribution in [3.63, 3.8) is 0 Å². The molecule has 0 amide bonds. The van der Waals surface area contributed by atoms with Crippen LogP contribution in [-0.2, 0) is 6.42 Å². The zero-order valence-corrected chi connectivity index (χ0v) is 11.1. The van der Waals surface area contributed by atoms with Gasteiger partial charge in [0.05, 0.1) is 12.7 Å². The minimum absolute atomic E-state index is 0.0489. The summed E-state index contributed by atoms with van der Waals surface area (Å²) in [7, 11) is 1.57. The molecule has 0 atom stereocenters. The number of aryl methyl sites for hydroxylation is 1. The number of benzene rings is 2. The molecule has 0 aliphatic heterocycles. The van der Waals surface area contributed by atoms with E-state index in [1.54, 1.807) is 31.4 Å². The van der Waals surface area contributed by atoms with Crippen LogP contribution in [0.4, 0.5) is 5.69 Å². The third kappa shape index (κ3) is 2.76. The number of hydrogen-bond acceptors (Lipinski definition) is 3. The van der Waals surface area contributed by atoms with Crippen LogP contribution in [0.25, 0.3) is 0 Å². The second-order valence-corrected chi connectivity index (χ2v) is 4.34. The van der Waals surface area contributed by atoms with E-state index in [0.29, 0.717) is 22.6 Å². The van der Waals surface area contributed by atoms with Crippen LogP contribution in [0.15, 0.2) is 42.5 Å². The fourth-order valence-corrected chi connectivity index (χ4v) is 1.94. The molecule has 98 valence electrons. The molecule has 3 nitrogen and oxygen atoms in total. The van der Waals surface area contributed by atoms with Crippen molar-refractivity contribution in [2.75, 3.05) is 12.8 Å². The van der Waals surface area contributed by atoms with Crippen molar-refractivity contribution in [1.29, 1.82) is 0 Å². The normalized spacial score (nSPS) is 10.2. The van der Waals surface area contributed by atoms with Crippen LogP contribution < -0.4 is 10.5 Å². The minimum atomic E-state index is -0.0489. The Hall–Kier alpha value is -2.29. The van der Waals surface area contributed by atoms with E-state index in [0.717, 1.165) is 12.0 Å². The highest BCUT2D eigenvalue weighted by atomic mass is 16.5. The third-order valence-corrected chi connectivity index (χ3v) is 3.09. The van der Waals surface area contributed by atoms with Gasteiger partial charge in [0.2, 0.25) is 0 Å². The lowest BCUT2D eigenvalue weighted by atomic mass is 9.99. The summed E-state index contributed by atoms with van der Waals surface area (Å²) in [4.78, 5) is 12.5. The first-order valence-electron chi connectivity index (χ1n) is 6.23. The lowest BCUT2D eigenvalue weighted by molar-refractivity contribution is 0.103. The van der Waals surface area contributed by atoms with E-state index in [1.165, 1.54) is 0 Å². The molecule has 0 bridgehead atoms. The van der Waals surface area contributed by atoms with Gasteiger partial charge in [0, 0.05) is 11.3 Å². The molecule has 0 aliphatic carbocycles. The summed E-state index contributed by atoms with van der Waals surface area (Å²) >= 11 is 0. The molecule has 2 rings (SSSR count). The Morgan fingerprint density at radius 1 is 1.16 bits per heavy atom. The van der Waals surface area contributed by atoms with Gasteiger partial charge in [-0.3, -0.25) is 4.79 Å². The van der Waals surface area contributed by atoms with Crippen molar-refractivity contribution < 1.29 is 9.53 Å². The summed E-state index contributed by atoms with van der Waals surface area (Å²) in [6.07, 6.45) is 0.881. The summed E-state index contributed by atoms with van der Waals surface area (Å²) in [5.41, 5.74) is 8.59. The van der Waals surface area contributed by atoms with Gasteiger partial charge in [-0.25, -0.2) is 0 Å². The van der Waals surface area contributed by atoms with E-state index in [-0.39, 0.29) is 5.78 Å². The molecule has 0 aromatic heterocycles. The Morgan fingerprint density at radius 3 is 2.42 bits per heavy atom. The number of ketones is 1. The van der Waals surface area contributed by atoms with Gasteiger partial charge in [-0.15, -0.1) is 0 Å². The number of hydrogen-bond donors (Lipinski definition) is 1. The molecule has 0 radical (unpaired) electrons. The monoisotopic (exact) mass is 255 g/mol. The summed E-state index contributed by atoms with van der Waals surface area (Å²) in [6, 6.07) is 12.6. The Kier molecular flexibility index (Phi) is 3.85. The lowest BCUT2D eigenvalue weighted by Crippen LogP contribution is -2.05. The van der Waals surface area contributed by atoms with Gasteiger partial charge < -0.3 is 10.5 Å². The van der Waals surface area contributed by atoms with Crippen molar-refractivity contribution in [3.05, 3.63) is 59.2 Å². The first-order valence-corrected chi connectivity index (χ1v) is 6.23. The Morgan fingerprint density at radius 2 is 1.84 bits per heavy atom. The maximum atomic E-state index is 12.5. The van der Waals surface area contributed by atoms with Crippen molar-refractivity contribution in [3.8, 4) is 5.75 Å². The number of ether oxygens (including phenoxy) is 1. The molecule has 19 heavy (non-hydrogen) atoms. The van der Waals surface area contributed by atoms with Gasteiger partial charge in [0.1, 0.15) is 5.75 Å². The van der Waals surface area contributed by atoms with Gasteiger partial charge in [-0.05, 0) is 48.4 Å². The van der Waals surface area contributed by atoms with E-state index in [2.05, 4.69) is 6.92 Å². The first-order chi connectivity index (χ1) is 9.15. The molecular weight excluding hydrogens is 238 g/mol. The second kappa shape index (κ2) is 5.57. The van der Waals surface area contributed by atoms with Crippen molar-refractivity contribution in [2.24, 2.45) is 0 Å². The van der Waals surface area contributed by atoms with Crippen LogP contribution in [0.5, 0.6) is 5.75 Å². The zero-order valence-electron chi connectivity index (χ0n) is 11.1. The zero-order chi connectivity index (χ0) is 13.8. The largest absolute Gasteiger partial charge is 0.496 e. The number of carbonyl (C=O) groups is 1. The molecular formula is C16H17NO2. The topological polar surface area (TPSA) is 52.3 Å². The maximum Gasteiger partial charge on any atom is 0.196 e. The van der Waals surface area contributed by atoms with Crippen LogP contribution in [0.3, 0.4) is 0 Å². The summed E-state index contributed by atoms with van der Waals surface area (Å²) in [5, 5.41) is 0. The molecule has 0 heterocycles. The van der Waals surface area contributed by atoms with E-state index in [9.17, 15) is 4.79 Å². The van der Waals surface area contributed by atoms with Gasteiger partial charge in [0.15, 0.2) is 5.78 Å². The van der Waals surface area contributed by atoms with Gasteiger partial charge >= 0.3 is 0 Å². The average Bonchev–Trinajstić information content (AvgIpc) is 2.46. The predicted octanol–water partition coefficient (Wildman–Crippen LogP) is 3.07. The van der Waals surface area contributed by atoms with Gasteiger partial charge in [-0.1, -0.05) is 13.0 Å². The van der Waals surface area contributed by atoms with Gasteiger partial charge in [0.25, 0.3) is 0 Å². The highest BCUT2D eigenvalue weighted by Crippen LogP contribution is 2.23. The molecule has 0 aliphatic rings. The molecule has 2 aromatic rings. The minimum Gasteiger partial charge on any atom is -0.496 e.